The molecule has 0 atom stereocenters. The van der Waals surface area contributed by atoms with E-state index in [1.54, 1.807) is 6.92 Å². The van der Waals surface area contributed by atoms with E-state index in [4.69, 9.17) is 17.3 Å². The first-order valence-electron chi connectivity index (χ1n) is 6.96. The number of carbonyl (C=O) groups is 2. The minimum absolute atomic E-state index is 0.0194. The number of primary amides is 1. The Kier molecular flexibility index (Phi) is 5.15. The predicted molar refractivity (Wildman–Crippen MR) is 90.5 cm³/mol. The van der Waals surface area contributed by atoms with Crippen molar-refractivity contribution in [2.75, 3.05) is 0 Å². The molecule has 2 amide bonds. The number of benzene rings is 2. The van der Waals surface area contributed by atoms with Gasteiger partial charge in [-0.05, 0) is 49.2 Å². The maximum absolute atomic E-state index is 13.4. The quantitative estimate of drug-likeness (QED) is 0.843. The topological polar surface area (TPSA) is 106 Å². The van der Waals surface area contributed by atoms with Gasteiger partial charge in [0.15, 0.2) is 0 Å². The number of hydrogen-bond donors (Lipinski definition) is 2. The molecule has 0 bridgehead atoms. The highest BCUT2D eigenvalue weighted by molar-refractivity contribution is 7.90. The van der Waals surface area contributed by atoms with E-state index in [0.717, 1.165) is 18.2 Å². The lowest BCUT2D eigenvalue weighted by molar-refractivity contribution is 0.0978. The molecule has 6 nitrogen and oxygen atoms in total. The first-order chi connectivity index (χ1) is 11.5. The highest BCUT2D eigenvalue weighted by Crippen LogP contribution is 2.21. The summed E-state index contributed by atoms with van der Waals surface area (Å²) in [5.74, 6) is -2.43. The average Bonchev–Trinajstić information content (AvgIpc) is 2.50. The van der Waals surface area contributed by atoms with Crippen molar-refractivity contribution in [1.29, 1.82) is 0 Å². The number of nitrogens with two attached hydrogens (primary N) is 1. The largest absolute Gasteiger partial charge is 0.366 e. The van der Waals surface area contributed by atoms with Gasteiger partial charge in [0.1, 0.15) is 5.82 Å². The fraction of sp³-hybridized carbons (Fsp3) is 0.125. The summed E-state index contributed by atoms with van der Waals surface area (Å²) in [4.78, 5) is 23.3. The van der Waals surface area contributed by atoms with E-state index in [-0.39, 0.29) is 26.6 Å². The van der Waals surface area contributed by atoms with Crippen molar-refractivity contribution in [3.8, 4) is 0 Å². The van der Waals surface area contributed by atoms with Crippen molar-refractivity contribution in [1.82, 2.24) is 4.72 Å². The van der Waals surface area contributed by atoms with Crippen LogP contribution in [0.1, 0.15) is 31.8 Å². The van der Waals surface area contributed by atoms with Gasteiger partial charge in [-0.15, -0.1) is 0 Å². The summed E-state index contributed by atoms with van der Waals surface area (Å²) >= 11 is 5.80. The standard InChI is InChI=1S/C16H14ClFN2O4S/c1-8-3-4-10(6-11(8)15(19)21)25(23,24)20-16(22)12-5-9(2)14(18)7-13(12)17/h3-7H,1-2H3,(H2,19,21)(H,20,22). The van der Waals surface area contributed by atoms with Gasteiger partial charge in [-0.3, -0.25) is 9.59 Å². The molecule has 2 rings (SSSR count). The fourth-order valence-electron chi connectivity index (χ4n) is 2.10. The van der Waals surface area contributed by atoms with Gasteiger partial charge in [-0.1, -0.05) is 17.7 Å². The Morgan fingerprint density at radius 3 is 2.32 bits per heavy atom. The van der Waals surface area contributed by atoms with E-state index in [2.05, 4.69) is 0 Å². The van der Waals surface area contributed by atoms with Gasteiger partial charge in [0, 0.05) is 5.56 Å². The monoisotopic (exact) mass is 384 g/mol. The molecule has 0 radical (unpaired) electrons. The molecular formula is C16H14ClFN2O4S. The van der Waals surface area contributed by atoms with Crippen molar-refractivity contribution >= 4 is 33.4 Å². The zero-order valence-corrected chi connectivity index (χ0v) is 14.8. The molecule has 0 spiro atoms. The maximum Gasteiger partial charge on any atom is 0.266 e. The Morgan fingerprint density at radius 1 is 1.08 bits per heavy atom. The minimum atomic E-state index is -4.28. The molecule has 0 unspecified atom stereocenters. The number of halogens is 2. The highest BCUT2D eigenvalue weighted by Gasteiger charge is 2.22. The van der Waals surface area contributed by atoms with Crippen molar-refractivity contribution in [2.45, 2.75) is 18.7 Å². The molecule has 0 aliphatic carbocycles. The van der Waals surface area contributed by atoms with Crippen LogP contribution in [-0.4, -0.2) is 20.2 Å². The van der Waals surface area contributed by atoms with Crippen LogP contribution >= 0.6 is 11.6 Å². The Balaban J connectivity index is 2.39. The SMILES string of the molecule is Cc1cc(C(=O)NS(=O)(=O)c2ccc(C)c(C(N)=O)c2)c(Cl)cc1F. The predicted octanol–water partition coefficient (Wildman–Crippen LogP) is 2.31. The van der Waals surface area contributed by atoms with Gasteiger partial charge >= 0.3 is 0 Å². The fourth-order valence-corrected chi connectivity index (χ4v) is 3.33. The number of rotatable bonds is 4. The van der Waals surface area contributed by atoms with Crippen LogP contribution < -0.4 is 10.5 Å². The van der Waals surface area contributed by atoms with E-state index in [9.17, 15) is 22.4 Å². The van der Waals surface area contributed by atoms with Crippen molar-refractivity contribution in [3.05, 3.63) is 63.4 Å². The normalized spacial score (nSPS) is 11.2. The van der Waals surface area contributed by atoms with Crippen LogP contribution in [0.5, 0.6) is 0 Å². The van der Waals surface area contributed by atoms with Gasteiger partial charge < -0.3 is 5.73 Å². The number of aryl methyl sites for hydroxylation is 2. The third kappa shape index (κ3) is 3.97. The lowest BCUT2D eigenvalue weighted by atomic mass is 10.1. The second-order valence-electron chi connectivity index (χ2n) is 5.36. The third-order valence-electron chi connectivity index (χ3n) is 3.50. The van der Waals surface area contributed by atoms with Gasteiger partial charge in [0.2, 0.25) is 5.91 Å². The maximum atomic E-state index is 13.4. The number of hydrogen-bond acceptors (Lipinski definition) is 4. The Morgan fingerprint density at radius 2 is 1.72 bits per heavy atom. The molecule has 0 saturated carbocycles. The van der Waals surface area contributed by atoms with Gasteiger partial charge in [-0.25, -0.2) is 17.5 Å². The number of amides is 2. The van der Waals surface area contributed by atoms with E-state index >= 15 is 0 Å². The smallest absolute Gasteiger partial charge is 0.266 e. The van der Waals surface area contributed by atoms with E-state index < -0.39 is 27.7 Å². The van der Waals surface area contributed by atoms with Crippen LogP contribution in [0.15, 0.2) is 35.2 Å². The van der Waals surface area contributed by atoms with Crippen LogP contribution in [0.3, 0.4) is 0 Å². The molecule has 0 heterocycles. The molecule has 0 saturated heterocycles. The number of carbonyl (C=O) groups excluding carboxylic acids is 2. The summed E-state index contributed by atoms with van der Waals surface area (Å²) in [6.45, 7) is 3.01. The summed E-state index contributed by atoms with van der Waals surface area (Å²) in [5, 5.41) is -0.225. The molecule has 0 aliphatic heterocycles. The molecule has 25 heavy (non-hydrogen) atoms. The second kappa shape index (κ2) is 6.81. The van der Waals surface area contributed by atoms with Crippen LogP contribution in [-0.2, 0) is 10.0 Å². The molecule has 2 aromatic rings. The number of sulfonamides is 1. The summed E-state index contributed by atoms with van der Waals surface area (Å²) < 4.78 is 40.0. The Bertz CT molecular complexity index is 990. The molecule has 132 valence electrons. The summed E-state index contributed by atoms with van der Waals surface area (Å²) in [7, 11) is -4.28. The summed E-state index contributed by atoms with van der Waals surface area (Å²) in [6, 6.07) is 5.77. The van der Waals surface area contributed by atoms with Crippen molar-refractivity contribution in [2.24, 2.45) is 5.73 Å². The second-order valence-corrected chi connectivity index (χ2v) is 7.45. The first-order valence-corrected chi connectivity index (χ1v) is 8.82. The highest BCUT2D eigenvalue weighted by atomic mass is 35.5. The van der Waals surface area contributed by atoms with Crippen molar-refractivity contribution in [3.63, 3.8) is 0 Å². The average molecular weight is 385 g/mol. The third-order valence-corrected chi connectivity index (χ3v) is 5.15. The van der Waals surface area contributed by atoms with Crippen LogP contribution in [0, 0.1) is 19.7 Å². The number of nitrogens with one attached hydrogen (secondary N) is 1. The Hall–Kier alpha value is -2.45. The van der Waals surface area contributed by atoms with Gasteiger partial charge in [-0.2, -0.15) is 0 Å². The van der Waals surface area contributed by atoms with Crippen molar-refractivity contribution < 1.29 is 22.4 Å². The van der Waals surface area contributed by atoms with E-state index in [1.165, 1.54) is 19.1 Å². The van der Waals surface area contributed by atoms with Crippen LogP contribution in [0.4, 0.5) is 4.39 Å². The first kappa shape index (κ1) is 18.9. The lowest BCUT2D eigenvalue weighted by Crippen LogP contribution is -2.31. The van der Waals surface area contributed by atoms with Gasteiger partial charge in [0.05, 0.1) is 15.5 Å². The minimum Gasteiger partial charge on any atom is -0.366 e. The van der Waals surface area contributed by atoms with Crippen LogP contribution in [0.2, 0.25) is 5.02 Å². The van der Waals surface area contributed by atoms with Gasteiger partial charge in [0.25, 0.3) is 15.9 Å². The zero-order valence-electron chi connectivity index (χ0n) is 13.3. The molecule has 2 aromatic carbocycles. The van der Waals surface area contributed by atoms with E-state index in [1.807, 2.05) is 4.72 Å². The molecular weight excluding hydrogens is 371 g/mol. The summed E-state index contributed by atoms with van der Waals surface area (Å²) in [5.41, 5.74) is 5.66. The summed E-state index contributed by atoms with van der Waals surface area (Å²) in [6.07, 6.45) is 0. The van der Waals surface area contributed by atoms with E-state index in [0.29, 0.717) is 5.56 Å². The zero-order chi connectivity index (χ0) is 18.9. The molecule has 0 aromatic heterocycles. The molecule has 3 N–H and O–H groups in total. The molecule has 0 fully saturated rings. The Labute approximate surface area is 148 Å². The molecule has 0 aliphatic rings. The van der Waals surface area contributed by atoms with Crippen LogP contribution in [0.25, 0.3) is 0 Å². The molecule has 9 heteroatoms. The lowest BCUT2D eigenvalue weighted by Gasteiger charge is -2.11.